The van der Waals surface area contributed by atoms with Crippen LogP contribution in [0.2, 0.25) is 0 Å². The van der Waals surface area contributed by atoms with Gasteiger partial charge in [0.1, 0.15) is 0 Å². The molecule has 0 N–H and O–H groups in total. The van der Waals surface area contributed by atoms with E-state index in [1.807, 2.05) is 28.8 Å². The molecule has 0 saturated carbocycles. The van der Waals surface area contributed by atoms with E-state index in [-0.39, 0.29) is 0 Å². The third-order valence-electron chi connectivity index (χ3n) is 3.79. The van der Waals surface area contributed by atoms with Gasteiger partial charge in [0, 0.05) is 12.7 Å². The van der Waals surface area contributed by atoms with Gasteiger partial charge in [-0.15, -0.1) is 11.6 Å². The zero-order chi connectivity index (χ0) is 17.2. The van der Waals surface area contributed by atoms with Crippen LogP contribution < -0.4 is 0 Å². The predicted molar refractivity (Wildman–Crippen MR) is 87.8 cm³/mol. The summed E-state index contributed by atoms with van der Waals surface area (Å²) in [4.78, 5) is 4.07. The van der Waals surface area contributed by atoms with Gasteiger partial charge >= 0.3 is 6.18 Å². The summed E-state index contributed by atoms with van der Waals surface area (Å²) in [5, 5.41) is 0. The molecule has 0 fully saturated rings. The van der Waals surface area contributed by atoms with E-state index in [2.05, 4.69) is 4.98 Å². The molecule has 0 aliphatic rings. The summed E-state index contributed by atoms with van der Waals surface area (Å²) in [5.74, 6) is 0.392. The third-order valence-corrected chi connectivity index (χ3v) is 4.06. The average molecular weight is 351 g/mol. The second-order valence-electron chi connectivity index (χ2n) is 5.42. The van der Waals surface area contributed by atoms with E-state index in [0.717, 1.165) is 34.5 Å². The molecule has 24 heavy (non-hydrogen) atoms. The van der Waals surface area contributed by atoms with Crippen molar-refractivity contribution in [3.63, 3.8) is 0 Å². The minimum atomic E-state index is -4.31. The van der Waals surface area contributed by atoms with Crippen molar-refractivity contribution in [3.05, 3.63) is 77.9 Å². The monoisotopic (exact) mass is 350 g/mol. The van der Waals surface area contributed by atoms with Gasteiger partial charge in [-0.3, -0.25) is 0 Å². The Morgan fingerprint density at radius 2 is 1.50 bits per heavy atom. The van der Waals surface area contributed by atoms with Gasteiger partial charge in [-0.1, -0.05) is 36.4 Å². The van der Waals surface area contributed by atoms with E-state index < -0.39 is 11.7 Å². The predicted octanol–water partition coefficient (Wildman–Crippen LogP) is 5.36. The van der Waals surface area contributed by atoms with Gasteiger partial charge in [0.15, 0.2) is 0 Å². The molecule has 1 heterocycles. The lowest BCUT2D eigenvalue weighted by Gasteiger charge is -2.09. The molecular weight excluding hydrogens is 337 g/mol. The highest BCUT2D eigenvalue weighted by Crippen LogP contribution is 2.31. The largest absolute Gasteiger partial charge is 0.416 e. The van der Waals surface area contributed by atoms with Gasteiger partial charge in [0.05, 0.1) is 23.5 Å². The average Bonchev–Trinajstić information content (AvgIpc) is 3.02. The van der Waals surface area contributed by atoms with Crippen LogP contribution in [0.4, 0.5) is 13.2 Å². The highest BCUT2D eigenvalue weighted by Gasteiger charge is 2.29. The van der Waals surface area contributed by atoms with E-state index in [1.54, 1.807) is 12.5 Å². The number of benzene rings is 2. The van der Waals surface area contributed by atoms with Crippen LogP contribution >= 0.6 is 11.6 Å². The number of halogens is 4. The van der Waals surface area contributed by atoms with E-state index in [9.17, 15) is 13.2 Å². The fraction of sp³-hybridized carbons (Fsp3) is 0.167. The maximum Gasteiger partial charge on any atom is 0.416 e. The van der Waals surface area contributed by atoms with Crippen molar-refractivity contribution >= 4 is 11.6 Å². The van der Waals surface area contributed by atoms with Crippen LogP contribution in [0.25, 0.3) is 11.1 Å². The molecule has 3 rings (SSSR count). The van der Waals surface area contributed by atoms with Gasteiger partial charge in [0.25, 0.3) is 0 Å². The third kappa shape index (κ3) is 3.62. The van der Waals surface area contributed by atoms with Crippen molar-refractivity contribution in [1.82, 2.24) is 9.55 Å². The van der Waals surface area contributed by atoms with E-state index in [0.29, 0.717) is 12.4 Å². The van der Waals surface area contributed by atoms with Crippen LogP contribution in [0, 0.1) is 0 Å². The second-order valence-corrected chi connectivity index (χ2v) is 5.69. The summed E-state index contributed by atoms with van der Waals surface area (Å²) in [5.41, 5.74) is 2.98. The first-order chi connectivity index (χ1) is 11.5. The molecule has 0 saturated heterocycles. The number of hydrogen-bond acceptors (Lipinski definition) is 1. The quantitative estimate of drug-likeness (QED) is 0.579. The molecule has 0 bridgehead atoms. The number of alkyl halides is 4. The normalized spacial score (nSPS) is 11.7. The molecule has 2 aromatic carbocycles. The highest BCUT2D eigenvalue weighted by atomic mass is 35.5. The molecule has 6 heteroatoms. The Kier molecular flexibility index (Phi) is 4.62. The van der Waals surface area contributed by atoms with Crippen molar-refractivity contribution in [2.45, 2.75) is 18.6 Å². The van der Waals surface area contributed by atoms with Crippen LogP contribution in [-0.2, 0) is 18.6 Å². The molecule has 0 atom stereocenters. The fourth-order valence-corrected chi connectivity index (χ4v) is 2.68. The summed E-state index contributed by atoms with van der Waals surface area (Å²) >= 11 is 5.85. The summed E-state index contributed by atoms with van der Waals surface area (Å²) in [6.07, 6.45) is -0.863. The van der Waals surface area contributed by atoms with Gasteiger partial charge in [-0.25, -0.2) is 4.98 Å². The maximum atomic E-state index is 12.6. The van der Waals surface area contributed by atoms with Crippen molar-refractivity contribution in [2.75, 3.05) is 0 Å². The summed E-state index contributed by atoms with van der Waals surface area (Å²) in [6.45, 7) is 0.648. The van der Waals surface area contributed by atoms with Gasteiger partial charge in [-0.05, 0) is 28.8 Å². The molecular formula is C18H14ClF3N2. The molecule has 0 amide bonds. The first kappa shape index (κ1) is 16.6. The molecule has 0 spiro atoms. The standard InChI is InChI=1S/C18H14ClF3N2/c19-9-17-10-23-12-24(17)11-13-1-3-14(4-2-13)15-5-7-16(8-6-15)18(20,21)22/h1-8,10,12H,9,11H2. The van der Waals surface area contributed by atoms with E-state index in [1.165, 1.54) is 12.1 Å². The fourth-order valence-electron chi connectivity index (χ4n) is 2.45. The molecule has 1 aromatic heterocycles. The first-order valence-corrected chi connectivity index (χ1v) is 7.82. The summed E-state index contributed by atoms with van der Waals surface area (Å²) in [7, 11) is 0. The Morgan fingerprint density at radius 3 is 2.04 bits per heavy atom. The zero-order valence-corrected chi connectivity index (χ0v) is 13.3. The molecule has 3 aromatic rings. The molecule has 0 aliphatic heterocycles. The van der Waals surface area contributed by atoms with Crippen LogP contribution in [-0.4, -0.2) is 9.55 Å². The lowest BCUT2D eigenvalue weighted by molar-refractivity contribution is -0.137. The molecule has 2 nitrogen and oxygen atoms in total. The van der Waals surface area contributed by atoms with E-state index in [4.69, 9.17) is 11.6 Å². The van der Waals surface area contributed by atoms with Crippen molar-refractivity contribution in [3.8, 4) is 11.1 Å². The minimum absolute atomic E-state index is 0.392. The SMILES string of the molecule is FC(F)(F)c1ccc(-c2ccc(Cn3cncc3CCl)cc2)cc1. The second kappa shape index (κ2) is 6.69. The van der Waals surface area contributed by atoms with Crippen molar-refractivity contribution < 1.29 is 13.2 Å². The molecule has 124 valence electrons. The Morgan fingerprint density at radius 1 is 0.917 bits per heavy atom. The summed E-state index contributed by atoms with van der Waals surface area (Å²) < 4.78 is 39.8. The first-order valence-electron chi connectivity index (χ1n) is 7.29. The number of nitrogens with zero attached hydrogens (tertiary/aromatic N) is 2. The number of aromatic nitrogens is 2. The minimum Gasteiger partial charge on any atom is -0.329 e. The number of imidazole rings is 1. The van der Waals surface area contributed by atoms with Gasteiger partial charge < -0.3 is 4.57 Å². The molecule has 0 aliphatic carbocycles. The van der Waals surface area contributed by atoms with Crippen molar-refractivity contribution in [1.29, 1.82) is 0 Å². The smallest absolute Gasteiger partial charge is 0.329 e. The maximum absolute atomic E-state index is 12.6. The lowest BCUT2D eigenvalue weighted by atomic mass is 10.0. The Bertz CT molecular complexity index is 806. The Balaban J connectivity index is 1.77. The van der Waals surface area contributed by atoms with Crippen LogP contribution in [0.15, 0.2) is 61.1 Å². The van der Waals surface area contributed by atoms with Crippen molar-refractivity contribution in [2.24, 2.45) is 0 Å². The molecule has 0 radical (unpaired) electrons. The summed E-state index contributed by atoms with van der Waals surface area (Å²) in [6, 6.07) is 12.9. The lowest BCUT2D eigenvalue weighted by Crippen LogP contribution is -2.04. The Hall–Kier alpha value is -2.27. The van der Waals surface area contributed by atoms with E-state index >= 15 is 0 Å². The van der Waals surface area contributed by atoms with Crippen LogP contribution in [0.1, 0.15) is 16.8 Å². The Labute approximate surface area is 142 Å². The van der Waals surface area contributed by atoms with Crippen LogP contribution in [0.3, 0.4) is 0 Å². The topological polar surface area (TPSA) is 17.8 Å². The van der Waals surface area contributed by atoms with Gasteiger partial charge in [0.2, 0.25) is 0 Å². The molecule has 0 unspecified atom stereocenters. The van der Waals surface area contributed by atoms with Gasteiger partial charge in [-0.2, -0.15) is 13.2 Å². The number of hydrogen-bond donors (Lipinski definition) is 0. The van der Waals surface area contributed by atoms with Crippen LogP contribution in [0.5, 0.6) is 0 Å². The zero-order valence-electron chi connectivity index (χ0n) is 12.6. The number of rotatable bonds is 4. The highest BCUT2D eigenvalue weighted by molar-refractivity contribution is 6.16.